The molecule has 2 N–H and O–H groups in total. The van der Waals surface area contributed by atoms with Crippen molar-refractivity contribution in [3.63, 3.8) is 0 Å². The highest BCUT2D eigenvalue weighted by Gasteiger charge is 2.23. The number of halogens is 1. The van der Waals surface area contributed by atoms with Crippen LogP contribution in [0.3, 0.4) is 0 Å². The molecule has 0 aliphatic carbocycles. The smallest absolute Gasteiger partial charge is 0.123 e. The van der Waals surface area contributed by atoms with Gasteiger partial charge in [-0.05, 0) is 37.0 Å². The third-order valence-corrected chi connectivity index (χ3v) is 2.97. The van der Waals surface area contributed by atoms with Gasteiger partial charge in [-0.25, -0.2) is 4.39 Å². The first kappa shape index (κ1) is 12.2. The van der Waals surface area contributed by atoms with Gasteiger partial charge in [0.2, 0.25) is 0 Å². The van der Waals surface area contributed by atoms with Gasteiger partial charge in [-0.1, -0.05) is 32.4 Å². The van der Waals surface area contributed by atoms with Crippen molar-refractivity contribution in [2.45, 2.75) is 39.2 Å². The maximum Gasteiger partial charge on any atom is 0.123 e. The largest absolute Gasteiger partial charge is 0.322 e. The number of nitrogens with two attached hydrogens (primary N) is 1. The zero-order valence-corrected chi connectivity index (χ0v) is 9.76. The minimum absolute atomic E-state index is 0.210. The van der Waals surface area contributed by atoms with Crippen molar-refractivity contribution in [3.8, 4) is 0 Å². The third kappa shape index (κ3) is 3.31. The Balaban J connectivity index is 2.80. The monoisotopic (exact) mass is 209 g/mol. The first-order valence-corrected chi connectivity index (χ1v) is 5.50. The van der Waals surface area contributed by atoms with Crippen molar-refractivity contribution in [3.05, 3.63) is 35.6 Å². The van der Waals surface area contributed by atoms with Crippen LogP contribution in [0.25, 0.3) is 0 Å². The summed E-state index contributed by atoms with van der Waals surface area (Å²) in [6, 6.07) is 6.49. The molecule has 0 bridgehead atoms. The molecule has 0 fully saturated rings. The quantitative estimate of drug-likeness (QED) is 0.807. The van der Waals surface area contributed by atoms with Crippen molar-refractivity contribution in [1.29, 1.82) is 0 Å². The minimum Gasteiger partial charge on any atom is -0.322 e. The normalized spacial score (nSPS) is 17.1. The van der Waals surface area contributed by atoms with Gasteiger partial charge in [-0.3, -0.25) is 0 Å². The van der Waals surface area contributed by atoms with Crippen LogP contribution in [0.4, 0.5) is 4.39 Å². The minimum atomic E-state index is -0.358. The lowest BCUT2D eigenvalue weighted by Gasteiger charge is -2.28. The van der Waals surface area contributed by atoms with E-state index in [1.54, 1.807) is 12.1 Å². The van der Waals surface area contributed by atoms with Crippen molar-refractivity contribution < 1.29 is 4.39 Å². The molecule has 1 rings (SSSR count). The Bertz CT molecular complexity index is 303. The van der Waals surface area contributed by atoms with Crippen molar-refractivity contribution in [2.75, 3.05) is 0 Å². The van der Waals surface area contributed by atoms with Gasteiger partial charge in [-0.2, -0.15) is 0 Å². The van der Waals surface area contributed by atoms with Gasteiger partial charge < -0.3 is 5.73 Å². The van der Waals surface area contributed by atoms with Crippen molar-refractivity contribution in [2.24, 2.45) is 11.7 Å². The van der Waals surface area contributed by atoms with Crippen LogP contribution in [-0.2, 0) is 5.54 Å². The Morgan fingerprint density at radius 2 is 1.87 bits per heavy atom. The summed E-state index contributed by atoms with van der Waals surface area (Å²) in [4.78, 5) is 0. The molecule has 0 aromatic heterocycles. The molecule has 0 radical (unpaired) electrons. The molecule has 15 heavy (non-hydrogen) atoms. The number of rotatable bonds is 4. The third-order valence-electron chi connectivity index (χ3n) is 2.97. The van der Waals surface area contributed by atoms with Crippen LogP contribution in [0.5, 0.6) is 0 Å². The summed E-state index contributed by atoms with van der Waals surface area (Å²) < 4.78 is 12.8. The van der Waals surface area contributed by atoms with Crippen LogP contribution in [0.2, 0.25) is 0 Å². The van der Waals surface area contributed by atoms with E-state index < -0.39 is 0 Å². The Hall–Kier alpha value is -0.890. The van der Waals surface area contributed by atoms with E-state index >= 15 is 0 Å². The van der Waals surface area contributed by atoms with E-state index in [4.69, 9.17) is 5.73 Å². The first-order valence-electron chi connectivity index (χ1n) is 5.50. The van der Waals surface area contributed by atoms with Crippen molar-refractivity contribution in [1.82, 2.24) is 0 Å². The van der Waals surface area contributed by atoms with Crippen LogP contribution in [0.15, 0.2) is 24.3 Å². The fourth-order valence-electron chi connectivity index (χ4n) is 1.82. The van der Waals surface area contributed by atoms with E-state index in [0.29, 0.717) is 5.92 Å². The summed E-state index contributed by atoms with van der Waals surface area (Å²) in [5.41, 5.74) is 6.89. The second-order valence-corrected chi connectivity index (χ2v) is 4.64. The molecule has 0 amide bonds. The molecule has 1 aromatic carbocycles. The molecule has 0 saturated carbocycles. The van der Waals surface area contributed by atoms with Gasteiger partial charge in [0.15, 0.2) is 0 Å². The van der Waals surface area contributed by atoms with Gasteiger partial charge in [0.05, 0.1) is 0 Å². The predicted molar refractivity (Wildman–Crippen MR) is 62.0 cm³/mol. The topological polar surface area (TPSA) is 26.0 Å². The highest BCUT2D eigenvalue weighted by molar-refractivity contribution is 5.23. The van der Waals surface area contributed by atoms with Gasteiger partial charge in [-0.15, -0.1) is 0 Å². The summed E-state index contributed by atoms with van der Waals surface area (Å²) in [6.45, 7) is 6.35. The van der Waals surface area contributed by atoms with Gasteiger partial charge >= 0.3 is 0 Å². The second-order valence-electron chi connectivity index (χ2n) is 4.64. The SMILES string of the molecule is CCC(C)CC(C)(N)c1ccc(F)cc1. The lowest BCUT2D eigenvalue weighted by molar-refractivity contribution is 0.356. The van der Waals surface area contributed by atoms with Crippen LogP contribution in [0, 0.1) is 11.7 Å². The fraction of sp³-hybridized carbons (Fsp3) is 0.538. The molecule has 2 heteroatoms. The summed E-state index contributed by atoms with van der Waals surface area (Å²) in [6.07, 6.45) is 2.04. The van der Waals surface area contributed by atoms with Gasteiger partial charge in [0.25, 0.3) is 0 Å². The molecule has 2 unspecified atom stereocenters. The van der Waals surface area contributed by atoms with Crippen LogP contribution < -0.4 is 5.73 Å². The van der Waals surface area contributed by atoms with E-state index in [0.717, 1.165) is 18.4 Å². The lowest BCUT2D eigenvalue weighted by Crippen LogP contribution is -2.34. The summed E-state index contributed by atoms with van der Waals surface area (Å²) in [5.74, 6) is 0.378. The molecule has 0 aliphatic heterocycles. The fourth-order valence-corrected chi connectivity index (χ4v) is 1.82. The van der Waals surface area contributed by atoms with E-state index in [-0.39, 0.29) is 11.4 Å². The molecule has 0 aliphatic rings. The molecule has 1 aromatic rings. The summed E-state index contributed by atoms with van der Waals surface area (Å²) in [5, 5.41) is 0. The van der Waals surface area contributed by atoms with Crippen molar-refractivity contribution >= 4 is 0 Å². The van der Waals surface area contributed by atoms with E-state index in [2.05, 4.69) is 13.8 Å². The number of benzene rings is 1. The maximum absolute atomic E-state index is 12.8. The van der Waals surface area contributed by atoms with Gasteiger partial charge in [0, 0.05) is 5.54 Å². The zero-order valence-electron chi connectivity index (χ0n) is 9.76. The van der Waals surface area contributed by atoms with E-state index in [1.807, 2.05) is 6.92 Å². The molecule has 0 heterocycles. The summed E-state index contributed by atoms with van der Waals surface area (Å²) >= 11 is 0. The summed E-state index contributed by atoms with van der Waals surface area (Å²) in [7, 11) is 0. The average molecular weight is 209 g/mol. The number of hydrogen-bond acceptors (Lipinski definition) is 1. The maximum atomic E-state index is 12.8. The standard InChI is InChI=1S/C13H20FN/c1-4-10(2)9-13(3,15)11-5-7-12(14)8-6-11/h5-8,10H,4,9,15H2,1-3H3. The van der Waals surface area contributed by atoms with E-state index in [1.165, 1.54) is 12.1 Å². The van der Waals surface area contributed by atoms with Crippen LogP contribution in [-0.4, -0.2) is 0 Å². The van der Waals surface area contributed by atoms with Crippen LogP contribution in [0.1, 0.15) is 39.2 Å². The first-order chi connectivity index (χ1) is 6.95. The molecule has 2 atom stereocenters. The molecule has 0 spiro atoms. The Morgan fingerprint density at radius 1 is 1.33 bits per heavy atom. The second kappa shape index (κ2) is 4.75. The Labute approximate surface area is 91.5 Å². The van der Waals surface area contributed by atoms with E-state index in [9.17, 15) is 4.39 Å². The molecule has 1 nitrogen and oxygen atoms in total. The molecule has 0 saturated heterocycles. The van der Waals surface area contributed by atoms with Crippen LogP contribution >= 0.6 is 0 Å². The number of hydrogen-bond donors (Lipinski definition) is 1. The van der Waals surface area contributed by atoms with Gasteiger partial charge in [0.1, 0.15) is 5.82 Å². The highest BCUT2D eigenvalue weighted by Crippen LogP contribution is 2.26. The highest BCUT2D eigenvalue weighted by atomic mass is 19.1. The Morgan fingerprint density at radius 3 is 2.33 bits per heavy atom. The Kier molecular flexibility index (Phi) is 3.86. The lowest BCUT2D eigenvalue weighted by atomic mass is 9.83. The molecular formula is C13H20FN. The zero-order chi connectivity index (χ0) is 11.5. The predicted octanol–water partition coefficient (Wildman–Crippen LogP) is 3.44. The molecular weight excluding hydrogens is 189 g/mol. The molecule has 84 valence electrons. The average Bonchev–Trinajstić information content (AvgIpc) is 2.17.